The molecule has 0 aromatic heterocycles. The van der Waals surface area contributed by atoms with Crippen LogP contribution in [-0.4, -0.2) is 19.4 Å². The predicted molar refractivity (Wildman–Crippen MR) is 63.3 cm³/mol. The van der Waals surface area contributed by atoms with Gasteiger partial charge in [0.1, 0.15) is 6.29 Å². The molecule has 0 atom stereocenters. The molecule has 2 nitrogen and oxygen atoms in total. The summed E-state index contributed by atoms with van der Waals surface area (Å²) >= 11 is 0. The van der Waals surface area contributed by atoms with Crippen LogP contribution in [-0.2, 0) is 0 Å². The molecule has 0 unspecified atom stereocenters. The summed E-state index contributed by atoms with van der Waals surface area (Å²) in [4.78, 5) is 12.7. The van der Waals surface area contributed by atoms with E-state index in [9.17, 15) is 4.79 Å². The summed E-state index contributed by atoms with van der Waals surface area (Å²) in [5.74, 6) is 2.63. The highest BCUT2D eigenvalue weighted by molar-refractivity contribution is 5.77. The highest BCUT2D eigenvalue weighted by Crippen LogP contribution is 2.20. The van der Waals surface area contributed by atoms with Crippen molar-refractivity contribution in [3.05, 3.63) is 29.3 Å². The van der Waals surface area contributed by atoms with Crippen molar-refractivity contribution < 1.29 is 4.79 Å². The lowest BCUT2D eigenvalue weighted by Gasteiger charge is -2.22. The van der Waals surface area contributed by atoms with Gasteiger partial charge in [0.05, 0.1) is 6.54 Å². The molecule has 2 heteroatoms. The first-order valence-corrected chi connectivity index (χ1v) is 4.97. The second-order valence-corrected chi connectivity index (χ2v) is 3.38. The lowest BCUT2D eigenvalue weighted by Crippen LogP contribution is -2.23. The molecular formula is C13H15NO. The number of anilines is 1. The van der Waals surface area contributed by atoms with Crippen LogP contribution in [0.2, 0.25) is 0 Å². The van der Waals surface area contributed by atoms with Gasteiger partial charge in [-0.1, -0.05) is 5.92 Å². The minimum Gasteiger partial charge on any atom is -0.360 e. The number of nitrogens with zero attached hydrogens (tertiary/aromatic N) is 1. The molecule has 0 heterocycles. The van der Waals surface area contributed by atoms with Gasteiger partial charge in [0.2, 0.25) is 0 Å². The number of carbonyl (C=O) groups excluding carboxylic acids is 1. The standard InChI is InChI=1S/C13H15NO/c1-4-8-14(5-2)13-7-6-12(10-15)9-11(13)3/h1,6-7,9-10H,5,8H2,2-3H3. The molecule has 0 N–H and O–H groups in total. The fourth-order valence-electron chi connectivity index (χ4n) is 1.58. The largest absolute Gasteiger partial charge is 0.360 e. The summed E-state index contributed by atoms with van der Waals surface area (Å²) in [6.45, 7) is 5.51. The van der Waals surface area contributed by atoms with E-state index in [1.54, 1.807) is 0 Å². The van der Waals surface area contributed by atoms with Crippen LogP contribution < -0.4 is 4.90 Å². The molecule has 0 aliphatic heterocycles. The summed E-state index contributed by atoms with van der Waals surface area (Å²) < 4.78 is 0. The van der Waals surface area contributed by atoms with Crippen molar-refractivity contribution in [2.75, 3.05) is 18.0 Å². The van der Waals surface area contributed by atoms with Gasteiger partial charge in [0.25, 0.3) is 0 Å². The van der Waals surface area contributed by atoms with Gasteiger partial charge < -0.3 is 4.90 Å². The normalized spacial score (nSPS) is 9.40. The minimum absolute atomic E-state index is 0.595. The van der Waals surface area contributed by atoms with E-state index in [1.807, 2.05) is 25.1 Å². The van der Waals surface area contributed by atoms with E-state index in [4.69, 9.17) is 6.42 Å². The SMILES string of the molecule is C#CCN(CC)c1ccc(C=O)cc1C. The van der Waals surface area contributed by atoms with Crippen molar-refractivity contribution in [3.63, 3.8) is 0 Å². The number of benzene rings is 1. The molecule has 0 saturated heterocycles. The Hall–Kier alpha value is -1.75. The van der Waals surface area contributed by atoms with Crippen molar-refractivity contribution in [1.29, 1.82) is 0 Å². The Balaban J connectivity index is 3.03. The molecule has 0 aliphatic rings. The Labute approximate surface area is 90.9 Å². The van der Waals surface area contributed by atoms with Gasteiger partial charge >= 0.3 is 0 Å². The van der Waals surface area contributed by atoms with E-state index in [2.05, 4.69) is 17.7 Å². The van der Waals surface area contributed by atoms with Gasteiger partial charge in [-0.25, -0.2) is 0 Å². The molecule has 0 spiro atoms. The van der Waals surface area contributed by atoms with Gasteiger partial charge in [0, 0.05) is 17.8 Å². The highest BCUT2D eigenvalue weighted by Gasteiger charge is 2.06. The topological polar surface area (TPSA) is 20.3 Å². The maximum atomic E-state index is 10.6. The number of aryl methyl sites for hydroxylation is 1. The summed E-state index contributed by atoms with van der Waals surface area (Å²) in [7, 11) is 0. The lowest BCUT2D eigenvalue weighted by molar-refractivity contribution is 0.112. The van der Waals surface area contributed by atoms with Crippen molar-refractivity contribution >= 4 is 12.0 Å². The smallest absolute Gasteiger partial charge is 0.150 e. The second kappa shape index (κ2) is 5.21. The molecule has 0 amide bonds. The molecule has 15 heavy (non-hydrogen) atoms. The zero-order chi connectivity index (χ0) is 11.3. The average Bonchev–Trinajstić information content (AvgIpc) is 2.26. The first-order chi connectivity index (χ1) is 7.22. The van der Waals surface area contributed by atoms with Crippen LogP contribution in [0, 0.1) is 19.3 Å². The van der Waals surface area contributed by atoms with Gasteiger partial charge in [-0.15, -0.1) is 6.42 Å². The first kappa shape index (κ1) is 11.3. The van der Waals surface area contributed by atoms with Crippen LogP contribution in [0.25, 0.3) is 0 Å². The van der Waals surface area contributed by atoms with Crippen LogP contribution in [0.5, 0.6) is 0 Å². The number of terminal acetylenes is 1. The van der Waals surface area contributed by atoms with Crippen molar-refractivity contribution in [2.45, 2.75) is 13.8 Å². The fourth-order valence-corrected chi connectivity index (χ4v) is 1.58. The number of hydrogen-bond donors (Lipinski definition) is 0. The molecule has 1 aromatic rings. The molecule has 1 rings (SSSR count). The molecule has 0 bridgehead atoms. The van der Waals surface area contributed by atoms with Crippen LogP contribution in [0.15, 0.2) is 18.2 Å². The van der Waals surface area contributed by atoms with Gasteiger partial charge in [-0.2, -0.15) is 0 Å². The Bertz CT molecular complexity index is 390. The monoisotopic (exact) mass is 201 g/mol. The van der Waals surface area contributed by atoms with Crippen molar-refractivity contribution in [2.24, 2.45) is 0 Å². The summed E-state index contributed by atoms with van der Waals surface area (Å²) in [6, 6.07) is 5.63. The third-order valence-corrected chi connectivity index (χ3v) is 2.36. The van der Waals surface area contributed by atoms with E-state index in [0.717, 1.165) is 24.1 Å². The summed E-state index contributed by atoms with van der Waals surface area (Å²) in [6.07, 6.45) is 6.16. The molecule has 0 radical (unpaired) electrons. The van der Waals surface area contributed by atoms with E-state index in [-0.39, 0.29) is 0 Å². The van der Waals surface area contributed by atoms with E-state index in [1.165, 1.54) is 0 Å². The number of aldehydes is 1. The lowest BCUT2D eigenvalue weighted by atomic mass is 10.1. The fraction of sp³-hybridized carbons (Fsp3) is 0.308. The Kier molecular flexibility index (Phi) is 3.93. The van der Waals surface area contributed by atoms with E-state index >= 15 is 0 Å². The Morgan fingerprint density at radius 1 is 1.53 bits per heavy atom. The van der Waals surface area contributed by atoms with Crippen LogP contribution in [0.3, 0.4) is 0 Å². The van der Waals surface area contributed by atoms with E-state index < -0.39 is 0 Å². The maximum Gasteiger partial charge on any atom is 0.150 e. The molecule has 1 aromatic carbocycles. The zero-order valence-electron chi connectivity index (χ0n) is 9.16. The third kappa shape index (κ3) is 2.60. The summed E-state index contributed by atoms with van der Waals surface area (Å²) in [5, 5.41) is 0. The first-order valence-electron chi connectivity index (χ1n) is 4.97. The highest BCUT2D eigenvalue weighted by atomic mass is 16.1. The van der Waals surface area contributed by atoms with Crippen LogP contribution >= 0.6 is 0 Å². The number of rotatable bonds is 4. The summed E-state index contributed by atoms with van der Waals surface area (Å²) in [5.41, 5.74) is 2.88. The molecule has 0 saturated carbocycles. The average molecular weight is 201 g/mol. The van der Waals surface area contributed by atoms with Gasteiger partial charge in [0.15, 0.2) is 0 Å². The minimum atomic E-state index is 0.595. The molecule has 0 aliphatic carbocycles. The van der Waals surface area contributed by atoms with Crippen molar-refractivity contribution in [3.8, 4) is 12.3 Å². The molecule has 78 valence electrons. The Morgan fingerprint density at radius 2 is 2.27 bits per heavy atom. The number of carbonyl (C=O) groups is 1. The van der Waals surface area contributed by atoms with Crippen molar-refractivity contribution in [1.82, 2.24) is 0 Å². The van der Waals surface area contributed by atoms with E-state index in [0.29, 0.717) is 12.1 Å². The Morgan fingerprint density at radius 3 is 2.73 bits per heavy atom. The second-order valence-electron chi connectivity index (χ2n) is 3.38. The number of hydrogen-bond acceptors (Lipinski definition) is 2. The van der Waals surface area contributed by atoms with Crippen LogP contribution in [0.4, 0.5) is 5.69 Å². The quantitative estimate of drug-likeness (QED) is 0.550. The maximum absolute atomic E-state index is 10.6. The molecular weight excluding hydrogens is 186 g/mol. The van der Waals surface area contributed by atoms with Gasteiger partial charge in [-0.3, -0.25) is 4.79 Å². The molecule has 0 fully saturated rings. The predicted octanol–water partition coefficient (Wildman–Crippen LogP) is 2.27. The third-order valence-electron chi connectivity index (χ3n) is 2.36. The van der Waals surface area contributed by atoms with Gasteiger partial charge in [-0.05, 0) is 37.6 Å². The zero-order valence-corrected chi connectivity index (χ0v) is 9.16. The van der Waals surface area contributed by atoms with Crippen LogP contribution in [0.1, 0.15) is 22.8 Å².